The number of amides is 3. The molecule has 0 bridgehead atoms. The first-order valence-corrected chi connectivity index (χ1v) is 9.35. The van der Waals surface area contributed by atoms with Crippen molar-refractivity contribution >= 4 is 23.4 Å². The number of carbonyl (C=O) groups is 3. The molecule has 0 saturated carbocycles. The number of nitriles is 1. The van der Waals surface area contributed by atoms with Crippen LogP contribution in [-0.4, -0.2) is 28.7 Å². The zero-order valence-corrected chi connectivity index (χ0v) is 16.0. The predicted octanol–water partition coefficient (Wildman–Crippen LogP) is 3.16. The highest BCUT2D eigenvalue weighted by molar-refractivity contribution is 6.23. The summed E-state index contributed by atoms with van der Waals surface area (Å²) in [5, 5.41) is 8.92. The molecule has 0 radical (unpaired) electrons. The van der Waals surface area contributed by atoms with Gasteiger partial charge in [-0.3, -0.25) is 14.4 Å². The summed E-state index contributed by atoms with van der Waals surface area (Å²) in [5.74, 6) is -1.51. The molecule has 1 atom stereocenters. The molecule has 0 N–H and O–H groups in total. The third kappa shape index (κ3) is 4.32. The monoisotopic (exact) mass is 393 g/mol. The molecule has 3 rings (SSSR count). The minimum absolute atomic E-state index is 0.115. The van der Waals surface area contributed by atoms with Gasteiger partial charge in [0.05, 0.1) is 23.7 Å². The first-order valence-electron chi connectivity index (χ1n) is 9.35. The number of imide groups is 1. The smallest absolute Gasteiger partial charge is 0.257 e. The number of rotatable bonds is 6. The van der Waals surface area contributed by atoms with Gasteiger partial charge in [-0.05, 0) is 48.4 Å². The lowest BCUT2D eigenvalue weighted by Crippen LogP contribution is -2.45. The van der Waals surface area contributed by atoms with Crippen molar-refractivity contribution in [2.24, 2.45) is 0 Å². The fourth-order valence-electron chi connectivity index (χ4n) is 3.33. The average Bonchev–Trinajstić information content (AvgIpc) is 3.01. The van der Waals surface area contributed by atoms with Crippen molar-refractivity contribution in [2.45, 2.75) is 38.8 Å². The molecule has 0 aliphatic carbocycles. The van der Waals surface area contributed by atoms with Gasteiger partial charge in [0.25, 0.3) is 5.91 Å². The minimum atomic E-state index is -0.915. The number of benzene rings is 2. The maximum Gasteiger partial charge on any atom is 0.257 e. The second kappa shape index (κ2) is 8.65. The molecule has 1 saturated heterocycles. The number of nitrogens with zero attached hydrogens (tertiary/aromatic N) is 3. The minimum Gasteiger partial charge on any atom is -0.326 e. The zero-order chi connectivity index (χ0) is 21.0. The van der Waals surface area contributed by atoms with E-state index in [1.54, 1.807) is 12.1 Å². The summed E-state index contributed by atoms with van der Waals surface area (Å²) >= 11 is 0. The van der Waals surface area contributed by atoms with Crippen LogP contribution in [0.4, 0.5) is 10.1 Å². The highest BCUT2D eigenvalue weighted by Crippen LogP contribution is 2.27. The van der Waals surface area contributed by atoms with Crippen LogP contribution in [0.25, 0.3) is 0 Å². The second-order valence-electron chi connectivity index (χ2n) is 6.84. The van der Waals surface area contributed by atoms with Crippen LogP contribution >= 0.6 is 0 Å². The third-order valence-corrected chi connectivity index (χ3v) is 4.80. The van der Waals surface area contributed by atoms with Crippen LogP contribution in [-0.2, 0) is 20.9 Å². The zero-order valence-electron chi connectivity index (χ0n) is 16.0. The van der Waals surface area contributed by atoms with Gasteiger partial charge in [-0.25, -0.2) is 9.29 Å². The van der Waals surface area contributed by atoms with Crippen LogP contribution < -0.4 is 4.90 Å². The van der Waals surface area contributed by atoms with Gasteiger partial charge in [0.1, 0.15) is 11.9 Å². The molecule has 1 fully saturated rings. The molecule has 2 aromatic carbocycles. The van der Waals surface area contributed by atoms with E-state index in [1.807, 2.05) is 13.0 Å². The van der Waals surface area contributed by atoms with E-state index in [1.165, 1.54) is 41.3 Å². The predicted molar refractivity (Wildman–Crippen MR) is 104 cm³/mol. The molecule has 2 aromatic rings. The Labute approximate surface area is 168 Å². The van der Waals surface area contributed by atoms with Gasteiger partial charge in [0, 0.05) is 13.0 Å². The Bertz CT molecular complexity index is 964. The van der Waals surface area contributed by atoms with Crippen molar-refractivity contribution in [3.05, 3.63) is 65.5 Å². The summed E-state index contributed by atoms with van der Waals surface area (Å²) in [4.78, 5) is 40.8. The lowest BCUT2D eigenvalue weighted by molar-refractivity contribution is -0.139. The van der Waals surface area contributed by atoms with Crippen LogP contribution in [0.15, 0.2) is 48.5 Å². The Morgan fingerprint density at radius 1 is 1.17 bits per heavy atom. The Kier molecular flexibility index (Phi) is 6.03. The van der Waals surface area contributed by atoms with E-state index in [-0.39, 0.29) is 31.1 Å². The van der Waals surface area contributed by atoms with Crippen molar-refractivity contribution in [1.82, 2.24) is 4.90 Å². The fourth-order valence-corrected chi connectivity index (χ4v) is 3.33. The molecule has 1 aliphatic rings. The number of halogens is 1. The van der Waals surface area contributed by atoms with E-state index in [0.717, 1.165) is 4.90 Å². The van der Waals surface area contributed by atoms with Crippen molar-refractivity contribution < 1.29 is 18.8 Å². The molecular formula is C22H20FN3O3. The van der Waals surface area contributed by atoms with Crippen LogP contribution in [0.1, 0.15) is 37.3 Å². The Hall–Kier alpha value is -3.53. The molecule has 3 amide bonds. The van der Waals surface area contributed by atoms with Gasteiger partial charge in [-0.15, -0.1) is 0 Å². The topological polar surface area (TPSA) is 81.5 Å². The van der Waals surface area contributed by atoms with Crippen LogP contribution in [0.2, 0.25) is 0 Å². The lowest BCUT2D eigenvalue weighted by atomic mass is 10.1. The molecule has 7 heteroatoms. The highest BCUT2D eigenvalue weighted by atomic mass is 19.1. The quantitative estimate of drug-likeness (QED) is 0.706. The molecule has 6 nitrogen and oxygen atoms in total. The Balaban J connectivity index is 1.88. The highest BCUT2D eigenvalue weighted by Gasteiger charge is 2.44. The van der Waals surface area contributed by atoms with Gasteiger partial charge in [0.2, 0.25) is 11.8 Å². The van der Waals surface area contributed by atoms with E-state index < -0.39 is 17.9 Å². The van der Waals surface area contributed by atoms with Crippen molar-refractivity contribution in [3.63, 3.8) is 0 Å². The molecule has 1 heterocycles. The molecule has 0 spiro atoms. The van der Waals surface area contributed by atoms with Crippen molar-refractivity contribution in [2.75, 3.05) is 4.90 Å². The summed E-state index contributed by atoms with van der Waals surface area (Å²) in [5.41, 5.74) is 1.46. The summed E-state index contributed by atoms with van der Waals surface area (Å²) < 4.78 is 13.2. The number of carbonyl (C=O) groups excluding carboxylic acids is 3. The number of hydrogen-bond donors (Lipinski definition) is 0. The third-order valence-electron chi connectivity index (χ3n) is 4.80. The Morgan fingerprint density at radius 2 is 1.83 bits per heavy atom. The first kappa shape index (κ1) is 20.2. The maximum absolute atomic E-state index is 13.2. The Morgan fingerprint density at radius 3 is 2.41 bits per heavy atom. The van der Waals surface area contributed by atoms with Gasteiger partial charge < -0.3 is 4.90 Å². The maximum atomic E-state index is 13.2. The standard InChI is InChI=1S/C22H20FN3O3/c1-2-3-20(27)25(14-16-4-8-17(23)9-5-16)19-12-21(28)26(22(19)29)18-10-6-15(13-24)7-11-18/h4-11,19H,2-3,12,14H2,1H3. The molecule has 1 aliphatic heterocycles. The SMILES string of the molecule is CCCC(=O)N(Cc1ccc(F)cc1)C1CC(=O)N(c2ccc(C#N)cc2)C1=O. The molecule has 0 aromatic heterocycles. The number of hydrogen-bond acceptors (Lipinski definition) is 4. The van der Waals surface area contributed by atoms with Gasteiger partial charge in [0.15, 0.2) is 0 Å². The van der Waals surface area contributed by atoms with Gasteiger partial charge in [-0.1, -0.05) is 19.1 Å². The normalized spacial score (nSPS) is 16.0. The van der Waals surface area contributed by atoms with Crippen LogP contribution in [0, 0.1) is 17.1 Å². The van der Waals surface area contributed by atoms with Crippen LogP contribution in [0.5, 0.6) is 0 Å². The van der Waals surface area contributed by atoms with E-state index >= 15 is 0 Å². The van der Waals surface area contributed by atoms with E-state index in [9.17, 15) is 18.8 Å². The number of anilines is 1. The largest absolute Gasteiger partial charge is 0.326 e. The average molecular weight is 393 g/mol. The van der Waals surface area contributed by atoms with Crippen molar-refractivity contribution in [3.8, 4) is 6.07 Å². The van der Waals surface area contributed by atoms with E-state index in [4.69, 9.17) is 5.26 Å². The van der Waals surface area contributed by atoms with Gasteiger partial charge >= 0.3 is 0 Å². The fraction of sp³-hybridized carbons (Fsp3) is 0.273. The van der Waals surface area contributed by atoms with E-state index in [2.05, 4.69) is 0 Å². The van der Waals surface area contributed by atoms with Crippen molar-refractivity contribution in [1.29, 1.82) is 5.26 Å². The molecule has 148 valence electrons. The first-order chi connectivity index (χ1) is 13.9. The summed E-state index contributed by atoms with van der Waals surface area (Å²) in [6, 6.07) is 12.9. The molecule has 29 heavy (non-hydrogen) atoms. The van der Waals surface area contributed by atoms with E-state index in [0.29, 0.717) is 23.2 Å². The van der Waals surface area contributed by atoms with Gasteiger partial charge in [-0.2, -0.15) is 5.26 Å². The molecular weight excluding hydrogens is 373 g/mol. The van der Waals surface area contributed by atoms with Crippen LogP contribution in [0.3, 0.4) is 0 Å². The summed E-state index contributed by atoms with van der Waals surface area (Å²) in [6.07, 6.45) is 0.735. The lowest BCUT2D eigenvalue weighted by Gasteiger charge is -2.28. The second-order valence-corrected chi connectivity index (χ2v) is 6.84. The molecule has 1 unspecified atom stereocenters. The summed E-state index contributed by atoms with van der Waals surface area (Å²) in [7, 11) is 0. The summed E-state index contributed by atoms with van der Waals surface area (Å²) in [6.45, 7) is 1.97.